The molecule has 0 saturated carbocycles. The molecule has 7 heteroatoms. The molecule has 0 atom stereocenters. The lowest BCUT2D eigenvalue weighted by Crippen LogP contribution is -2.30. The van der Waals surface area contributed by atoms with Crippen molar-refractivity contribution in [2.75, 3.05) is 13.2 Å². The van der Waals surface area contributed by atoms with Crippen LogP contribution in [0, 0.1) is 5.82 Å². The molecular formula is C22H20FNO5. The van der Waals surface area contributed by atoms with E-state index in [-0.39, 0.29) is 24.7 Å². The first-order valence-corrected chi connectivity index (χ1v) is 9.05. The van der Waals surface area contributed by atoms with E-state index >= 15 is 0 Å². The Labute approximate surface area is 167 Å². The van der Waals surface area contributed by atoms with Crippen LogP contribution in [0.4, 0.5) is 4.39 Å². The summed E-state index contributed by atoms with van der Waals surface area (Å²) in [6, 6.07) is 18.6. The van der Waals surface area contributed by atoms with Gasteiger partial charge in [-0.3, -0.25) is 4.79 Å². The van der Waals surface area contributed by atoms with Crippen molar-refractivity contribution in [2.24, 2.45) is 0 Å². The predicted octanol–water partition coefficient (Wildman–Crippen LogP) is 3.51. The molecular weight excluding hydrogens is 377 g/mol. The number of halogens is 1. The van der Waals surface area contributed by atoms with Crippen LogP contribution in [0.25, 0.3) is 0 Å². The van der Waals surface area contributed by atoms with E-state index in [1.807, 2.05) is 30.3 Å². The SMILES string of the molecule is O=C(COC(=O)c1ccc(COc2ccccc2)o1)NCCc1ccccc1F. The fraction of sp³-hybridized carbons (Fsp3) is 0.182. The Morgan fingerprint density at radius 1 is 0.966 bits per heavy atom. The summed E-state index contributed by atoms with van der Waals surface area (Å²) >= 11 is 0. The first-order valence-electron chi connectivity index (χ1n) is 9.05. The van der Waals surface area contributed by atoms with E-state index in [0.29, 0.717) is 23.5 Å². The van der Waals surface area contributed by atoms with E-state index in [2.05, 4.69) is 5.32 Å². The van der Waals surface area contributed by atoms with Gasteiger partial charge in [0.25, 0.3) is 5.91 Å². The average molecular weight is 397 g/mol. The van der Waals surface area contributed by atoms with E-state index in [1.54, 1.807) is 24.3 Å². The highest BCUT2D eigenvalue weighted by molar-refractivity contribution is 5.88. The minimum atomic E-state index is -0.750. The minimum Gasteiger partial charge on any atom is -0.486 e. The molecule has 0 aliphatic rings. The first kappa shape index (κ1) is 20.1. The van der Waals surface area contributed by atoms with Crippen molar-refractivity contribution in [1.29, 1.82) is 0 Å². The summed E-state index contributed by atoms with van der Waals surface area (Å²) in [6.45, 7) is -0.0560. The number of nitrogens with one attached hydrogen (secondary N) is 1. The zero-order valence-electron chi connectivity index (χ0n) is 15.6. The molecule has 6 nitrogen and oxygen atoms in total. The first-order chi connectivity index (χ1) is 14.1. The van der Waals surface area contributed by atoms with Crippen LogP contribution in [0.2, 0.25) is 0 Å². The Bertz CT molecular complexity index is 955. The van der Waals surface area contributed by atoms with Gasteiger partial charge in [-0.05, 0) is 42.3 Å². The van der Waals surface area contributed by atoms with Gasteiger partial charge in [0.2, 0.25) is 5.76 Å². The highest BCUT2D eigenvalue weighted by Gasteiger charge is 2.15. The molecule has 2 aromatic carbocycles. The molecule has 0 spiro atoms. The Balaban J connectivity index is 1.38. The number of esters is 1. The number of hydrogen-bond acceptors (Lipinski definition) is 5. The monoisotopic (exact) mass is 397 g/mol. The molecule has 1 amide bonds. The van der Waals surface area contributed by atoms with Gasteiger partial charge in [-0.1, -0.05) is 36.4 Å². The molecule has 29 heavy (non-hydrogen) atoms. The summed E-state index contributed by atoms with van der Waals surface area (Å²) in [5, 5.41) is 2.58. The summed E-state index contributed by atoms with van der Waals surface area (Å²) in [6.07, 6.45) is 0.343. The third kappa shape index (κ3) is 6.21. The second-order valence-electron chi connectivity index (χ2n) is 6.14. The van der Waals surface area contributed by atoms with E-state index in [4.69, 9.17) is 13.9 Å². The molecule has 3 rings (SSSR count). The van der Waals surface area contributed by atoms with Gasteiger partial charge < -0.3 is 19.2 Å². The summed E-state index contributed by atoms with van der Waals surface area (Å²) < 4.78 is 29.4. The van der Waals surface area contributed by atoms with Crippen molar-refractivity contribution in [1.82, 2.24) is 5.32 Å². The van der Waals surface area contributed by atoms with Crippen molar-refractivity contribution < 1.29 is 27.9 Å². The fourth-order valence-corrected chi connectivity index (χ4v) is 2.53. The molecule has 1 N–H and O–H groups in total. The van der Waals surface area contributed by atoms with E-state index in [0.717, 1.165) is 0 Å². The van der Waals surface area contributed by atoms with Crippen LogP contribution < -0.4 is 10.1 Å². The Morgan fingerprint density at radius 2 is 1.72 bits per heavy atom. The topological polar surface area (TPSA) is 77.8 Å². The van der Waals surface area contributed by atoms with Gasteiger partial charge in [0.15, 0.2) is 6.61 Å². The van der Waals surface area contributed by atoms with E-state index < -0.39 is 18.5 Å². The quantitative estimate of drug-likeness (QED) is 0.559. The number of ether oxygens (including phenoxy) is 2. The lowest BCUT2D eigenvalue weighted by atomic mass is 10.1. The van der Waals surface area contributed by atoms with Crippen molar-refractivity contribution in [3.63, 3.8) is 0 Å². The molecule has 1 aromatic heterocycles. The molecule has 0 saturated heterocycles. The molecule has 3 aromatic rings. The second kappa shape index (κ2) is 10.1. The number of hydrogen-bond donors (Lipinski definition) is 1. The lowest BCUT2D eigenvalue weighted by Gasteiger charge is -2.06. The maximum absolute atomic E-state index is 13.5. The Hall–Kier alpha value is -3.61. The molecule has 0 bridgehead atoms. The summed E-state index contributed by atoms with van der Waals surface area (Å²) in [5.41, 5.74) is 0.505. The predicted molar refractivity (Wildman–Crippen MR) is 103 cm³/mol. The van der Waals surface area contributed by atoms with Gasteiger partial charge in [-0.25, -0.2) is 9.18 Å². The highest BCUT2D eigenvalue weighted by atomic mass is 19.1. The van der Waals surface area contributed by atoms with Crippen LogP contribution >= 0.6 is 0 Å². The number of amides is 1. The fourth-order valence-electron chi connectivity index (χ4n) is 2.53. The Morgan fingerprint density at radius 3 is 2.52 bits per heavy atom. The molecule has 0 aliphatic heterocycles. The van der Waals surface area contributed by atoms with Crippen LogP contribution in [0.15, 0.2) is 71.1 Å². The highest BCUT2D eigenvalue weighted by Crippen LogP contribution is 2.14. The molecule has 0 radical (unpaired) electrons. The number of furan rings is 1. The normalized spacial score (nSPS) is 10.4. The van der Waals surface area contributed by atoms with Crippen molar-refractivity contribution >= 4 is 11.9 Å². The van der Waals surface area contributed by atoms with Crippen LogP contribution in [-0.2, 0) is 22.6 Å². The minimum absolute atomic E-state index is 0.0178. The van der Waals surface area contributed by atoms with Gasteiger partial charge in [-0.15, -0.1) is 0 Å². The zero-order chi connectivity index (χ0) is 20.5. The van der Waals surface area contributed by atoms with E-state index in [9.17, 15) is 14.0 Å². The summed E-state index contributed by atoms with van der Waals surface area (Å²) in [7, 11) is 0. The van der Waals surface area contributed by atoms with Gasteiger partial charge in [0, 0.05) is 6.54 Å². The van der Waals surface area contributed by atoms with Crippen molar-refractivity contribution in [2.45, 2.75) is 13.0 Å². The van der Waals surface area contributed by atoms with E-state index in [1.165, 1.54) is 12.1 Å². The number of carbonyl (C=O) groups is 2. The number of rotatable bonds is 9. The third-order valence-electron chi connectivity index (χ3n) is 4.00. The molecule has 0 aliphatic carbocycles. The average Bonchev–Trinajstić information content (AvgIpc) is 3.22. The summed E-state index contributed by atoms with van der Waals surface area (Å²) in [5.74, 6) is -0.432. The van der Waals surface area contributed by atoms with Crippen LogP contribution in [0.5, 0.6) is 5.75 Å². The maximum atomic E-state index is 13.5. The smallest absolute Gasteiger partial charge is 0.374 e. The standard InChI is InChI=1S/C22H20FNO5/c23-19-9-5-4-6-16(19)12-13-24-21(25)15-28-22(26)20-11-10-18(29-20)14-27-17-7-2-1-3-8-17/h1-11H,12-15H2,(H,24,25). The van der Waals surface area contributed by atoms with Gasteiger partial charge in [0.1, 0.15) is 23.9 Å². The van der Waals surface area contributed by atoms with Crippen LogP contribution in [0.3, 0.4) is 0 Å². The number of carbonyl (C=O) groups excluding carboxylic acids is 2. The number of para-hydroxylation sites is 1. The second-order valence-corrected chi connectivity index (χ2v) is 6.14. The van der Waals surface area contributed by atoms with Crippen LogP contribution in [0.1, 0.15) is 21.9 Å². The third-order valence-corrected chi connectivity index (χ3v) is 4.00. The molecule has 0 unspecified atom stereocenters. The maximum Gasteiger partial charge on any atom is 0.374 e. The van der Waals surface area contributed by atoms with Gasteiger partial charge in [0.05, 0.1) is 0 Å². The number of benzene rings is 2. The zero-order valence-corrected chi connectivity index (χ0v) is 15.6. The molecule has 0 fully saturated rings. The van der Waals surface area contributed by atoms with Crippen molar-refractivity contribution in [3.8, 4) is 5.75 Å². The van der Waals surface area contributed by atoms with Gasteiger partial charge >= 0.3 is 5.97 Å². The van der Waals surface area contributed by atoms with Crippen molar-refractivity contribution in [3.05, 3.63) is 89.6 Å². The van der Waals surface area contributed by atoms with Gasteiger partial charge in [-0.2, -0.15) is 0 Å². The molecule has 1 heterocycles. The largest absolute Gasteiger partial charge is 0.486 e. The van der Waals surface area contributed by atoms with Crippen LogP contribution in [-0.4, -0.2) is 25.0 Å². The molecule has 150 valence electrons. The Kier molecular flexibility index (Phi) is 7.00. The lowest BCUT2D eigenvalue weighted by molar-refractivity contribution is -0.124. The summed E-state index contributed by atoms with van der Waals surface area (Å²) in [4.78, 5) is 23.8.